The highest BCUT2D eigenvalue weighted by Gasteiger charge is 2.34. The van der Waals surface area contributed by atoms with E-state index in [1.165, 1.54) is 6.07 Å². The van der Waals surface area contributed by atoms with Crippen molar-refractivity contribution in [3.05, 3.63) is 23.8 Å². The topological polar surface area (TPSA) is 76.7 Å². The van der Waals surface area contributed by atoms with Crippen LogP contribution in [-0.2, 0) is 25.2 Å². The summed E-state index contributed by atoms with van der Waals surface area (Å²) in [6.45, 7) is 2.75. The molecule has 1 aromatic rings. The Morgan fingerprint density at radius 3 is 2.69 bits per heavy atom. The van der Waals surface area contributed by atoms with Crippen LogP contribution in [-0.4, -0.2) is 37.7 Å². The lowest BCUT2D eigenvalue weighted by Gasteiger charge is -2.16. The van der Waals surface area contributed by atoms with Crippen molar-refractivity contribution < 1.29 is 32.2 Å². The molecule has 6 nitrogen and oxygen atoms in total. The van der Waals surface area contributed by atoms with Crippen molar-refractivity contribution in [2.75, 3.05) is 30.5 Å². The summed E-state index contributed by atoms with van der Waals surface area (Å²) >= 11 is 0. The SMILES string of the molecule is CCOCCC(=O)Nc1ccc(NC(=O)C2CCCO2)cc1C(F)(F)F. The van der Waals surface area contributed by atoms with Crippen LogP contribution in [0.2, 0.25) is 0 Å². The Labute approximate surface area is 149 Å². The Hall–Kier alpha value is -2.13. The first-order valence-electron chi connectivity index (χ1n) is 8.32. The Bertz CT molecular complexity index is 643. The predicted molar refractivity (Wildman–Crippen MR) is 88.8 cm³/mol. The highest BCUT2D eigenvalue weighted by Crippen LogP contribution is 2.36. The van der Waals surface area contributed by atoms with Gasteiger partial charge in [0.1, 0.15) is 6.10 Å². The van der Waals surface area contributed by atoms with E-state index in [0.717, 1.165) is 18.6 Å². The fourth-order valence-electron chi connectivity index (χ4n) is 2.49. The fraction of sp³-hybridized carbons (Fsp3) is 0.529. The molecule has 9 heteroatoms. The molecular formula is C17H21F3N2O4. The zero-order chi connectivity index (χ0) is 19.2. The van der Waals surface area contributed by atoms with Gasteiger partial charge in [-0.2, -0.15) is 13.2 Å². The number of alkyl halides is 3. The van der Waals surface area contributed by atoms with Crippen LogP contribution in [0.1, 0.15) is 31.7 Å². The number of anilines is 2. The smallest absolute Gasteiger partial charge is 0.381 e. The molecule has 0 spiro atoms. The summed E-state index contributed by atoms with van der Waals surface area (Å²) in [5, 5.41) is 4.66. The van der Waals surface area contributed by atoms with Crippen LogP contribution in [0.15, 0.2) is 18.2 Å². The molecule has 1 aromatic carbocycles. The first-order chi connectivity index (χ1) is 12.3. The minimum Gasteiger partial charge on any atom is -0.381 e. The summed E-state index contributed by atoms with van der Waals surface area (Å²) < 4.78 is 50.1. The number of amides is 2. The summed E-state index contributed by atoms with van der Waals surface area (Å²) in [6, 6.07) is 3.22. The number of carbonyl (C=O) groups excluding carboxylic acids is 2. The van der Waals surface area contributed by atoms with Gasteiger partial charge in [-0.3, -0.25) is 9.59 Å². The van der Waals surface area contributed by atoms with Gasteiger partial charge in [0.15, 0.2) is 0 Å². The number of benzene rings is 1. The molecule has 1 fully saturated rings. The Balaban J connectivity index is 2.11. The molecule has 0 bridgehead atoms. The van der Waals surface area contributed by atoms with E-state index in [2.05, 4.69) is 10.6 Å². The second kappa shape index (κ2) is 9.00. The van der Waals surface area contributed by atoms with Gasteiger partial charge in [-0.25, -0.2) is 0 Å². The number of carbonyl (C=O) groups is 2. The van der Waals surface area contributed by atoms with Crippen molar-refractivity contribution in [3.63, 3.8) is 0 Å². The molecule has 26 heavy (non-hydrogen) atoms. The van der Waals surface area contributed by atoms with E-state index in [1.54, 1.807) is 6.92 Å². The van der Waals surface area contributed by atoms with Crippen molar-refractivity contribution >= 4 is 23.2 Å². The first-order valence-corrected chi connectivity index (χ1v) is 8.32. The highest BCUT2D eigenvalue weighted by atomic mass is 19.4. The number of hydrogen-bond donors (Lipinski definition) is 2. The third-order valence-corrected chi connectivity index (χ3v) is 3.77. The summed E-state index contributed by atoms with van der Waals surface area (Å²) in [7, 11) is 0. The average molecular weight is 374 g/mol. The Morgan fingerprint density at radius 1 is 1.31 bits per heavy atom. The van der Waals surface area contributed by atoms with Gasteiger partial charge >= 0.3 is 6.18 Å². The Morgan fingerprint density at radius 2 is 2.08 bits per heavy atom. The van der Waals surface area contributed by atoms with Crippen molar-refractivity contribution in [1.29, 1.82) is 0 Å². The molecular weight excluding hydrogens is 353 g/mol. The summed E-state index contributed by atoms with van der Waals surface area (Å²) in [5.41, 5.74) is -1.41. The number of rotatable bonds is 7. The lowest BCUT2D eigenvalue weighted by Crippen LogP contribution is -2.27. The third-order valence-electron chi connectivity index (χ3n) is 3.77. The van der Waals surface area contributed by atoms with E-state index in [9.17, 15) is 22.8 Å². The number of halogens is 3. The van der Waals surface area contributed by atoms with Crippen molar-refractivity contribution in [3.8, 4) is 0 Å². The molecule has 1 heterocycles. The first kappa shape index (κ1) is 20.2. The second-order valence-corrected chi connectivity index (χ2v) is 5.74. The number of hydrogen-bond acceptors (Lipinski definition) is 4. The van der Waals surface area contributed by atoms with Gasteiger partial charge in [0.05, 0.1) is 24.3 Å². The molecule has 1 aliphatic heterocycles. The zero-order valence-electron chi connectivity index (χ0n) is 14.3. The Kier molecular flexibility index (Phi) is 6.98. The maximum absolute atomic E-state index is 13.3. The molecule has 2 N–H and O–H groups in total. The number of ether oxygens (including phenoxy) is 2. The van der Waals surface area contributed by atoms with Crippen LogP contribution in [0.4, 0.5) is 24.5 Å². The predicted octanol–water partition coefficient (Wildman–Crippen LogP) is 3.19. The van der Waals surface area contributed by atoms with E-state index < -0.39 is 29.7 Å². The largest absolute Gasteiger partial charge is 0.418 e. The summed E-state index contributed by atoms with van der Waals surface area (Å²) in [5.74, 6) is -1.07. The minimum atomic E-state index is -4.69. The molecule has 0 aromatic heterocycles. The lowest BCUT2D eigenvalue weighted by molar-refractivity contribution is -0.137. The third kappa shape index (κ3) is 5.70. The molecule has 1 unspecified atom stereocenters. The maximum Gasteiger partial charge on any atom is 0.418 e. The van der Waals surface area contributed by atoms with Crippen molar-refractivity contribution in [2.24, 2.45) is 0 Å². The zero-order valence-corrected chi connectivity index (χ0v) is 14.3. The van der Waals surface area contributed by atoms with Gasteiger partial charge in [-0.05, 0) is 38.0 Å². The van der Waals surface area contributed by atoms with E-state index >= 15 is 0 Å². The normalized spacial score (nSPS) is 17.2. The van der Waals surface area contributed by atoms with E-state index in [-0.39, 0.29) is 24.4 Å². The number of nitrogens with one attached hydrogen (secondary N) is 2. The van der Waals surface area contributed by atoms with E-state index in [4.69, 9.17) is 9.47 Å². The molecule has 1 saturated heterocycles. The molecule has 0 aliphatic carbocycles. The van der Waals surface area contributed by atoms with Crippen LogP contribution in [0.5, 0.6) is 0 Å². The summed E-state index contributed by atoms with van der Waals surface area (Å²) in [6.07, 6.45) is -4.12. The molecule has 144 valence electrons. The van der Waals surface area contributed by atoms with Gasteiger partial charge in [0, 0.05) is 18.9 Å². The van der Waals surface area contributed by atoms with Crippen LogP contribution < -0.4 is 10.6 Å². The minimum absolute atomic E-state index is 0.00913. The van der Waals surface area contributed by atoms with Crippen LogP contribution >= 0.6 is 0 Å². The van der Waals surface area contributed by atoms with Gasteiger partial charge in [-0.15, -0.1) is 0 Å². The molecule has 0 saturated carbocycles. The quantitative estimate of drug-likeness (QED) is 0.719. The van der Waals surface area contributed by atoms with Crippen molar-refractivity contribution in [2.45, 2.75) is 38.5 Å². The van der Waals surface area contributed by atoms with E-state index in [0.29, 0.717) is 19.6 Å². The van der Waals surface area contributed by atoms with Gasteiger partial charge in [-0.1, -0.05) is 0 Å². The molecule has 2 amide bonds. The van der Waals surface area contributed by atoms with Gasteiger partial charge < -0.3 is 20.1 Å². The monoisotopic (exact) mass is 374 g/mol. The molecule has 1 aliphatic rings. The van der Waals surface area contributed by atoms with Crippen LogP contribution in [0, 0.1) is 0 Å². The molecule has 0 radical (unpaired) electrons. The summed E-state index contributed by atoms with van der Waals surface area (Å²) in [4.78, 5) is 23.7. The second-order valence-electron chi connectivity index (χ2n) is 5.74. The van der Waals surface area contributed by atoms with E-state index in [1.807, 2.05) is 0 Å². The molecule has 2 rings (SSSR count). The van der Waals surface area contributed by atoms with Crippen molar-refractivity contribution in [1.82, 2.24) is 0 Å². The molecule has 1 atom stereocenters. The average Bonchev–Trinajstić information content (AvgIpc) is 3.10. The van der Waals surface area contributed by atoms with Gasteiger partial charge in [0.25, 0.3) is 5.91 Å². The maximum atomic E-state index is 13.3. The van der Waals surface area contributed by atoms with Crippen LogP contribution in [0.25, 0.3) is 0 Å². The highest BCUT2D eigenvalue weighted by molar-refractivity contribution is 5.96. The lowest BCUT2D eigenvalue weighted by atomic mass is 10.1. The van der Waals surface area contributed by atoms with Crippen LogP contribution in [0.3, 0.4) is 0 Å². The standard InChI is InChI=1S/C17H21F3N2O4/c1-2-25-9-7-15(23)22-13-6-5-11(10-12(13)17(18,19)20)21-16(24)14-4-3-8-26-14/h5-6,10,14H,2-4,7-9H2,1H3,(H,21,24)(H,22,23). The van der Waals surface area contributed by atoms with Gasteiger partial charge in [0.2, 0.25) is 5.91 Å². The fourth-order valence-corrected chi connectivity index (χ4v) is 2.49.